The van der Waals surface area contributed by atoms with Gasteiger partial charge in [-0.05, 0) is 59.0 Å². The monoisotopic (exact) mass is 443 g/mol. The summed E-state index contributed by atoms with van der Waals surface area (Å²) >= 11 is 6.28. The minimum Gasteiger partial charge on any atom is -0.368 e. The summed E-state index contributed by atoms with van der Waals surface area (Å²) in [6, 6.07) is 3.44. The summed E-state index contributed by atoms with van der Waals surface area (Å²) in [5, 5.41) is 0.329. The fourth-order valence-electron chi connectivity index (χ4n) is 4.91. The number of piperidine rings is 1. The number of benzene rings is 1. The van der Waals surface area contributed by atoms with E-state index < -0.39 is 5.82 Å². The third-order valence-electron chi connectivity index (χ3n) is 6.67. The second-order valence-electron chi connectivity index (χ2n) is 9.29. The SMILES string of the molecule is CC(C)n1c(N2CC3(CCN(C)CC3)C2)nc2c(F)cc(-c3nc(N)ncc3Cl)cc21. The minimum atomic E-state index is -0.393. The molecule has 2 fully saturated rings. The molecular formula is C22H27ClFN7. The van der Waals surface area contributed by atoms with E-state index in [2.05, 4.69) is 45.2 Å². The summed E-state index contributed by atoms with van der Waals surface area (Å²) in [7, 11) is 2.18. The Hall–Kier alpha value is -2.45. The predicted octanol–water partition coefficient (Wildman–Crippen LogP) is 3.98. The number of likely N-dealkylation sites (tertiary alicyclic amines) is 1. The number of hydrogen-bond acceptors (Lipinski definition) is 6. The Kier molecular flexibility index (Phi) is 4.82. The molecule has 1 aromatic carbocycles. The number of nitrogens with two attached hydrogens (primary N) is 1. The van der Waals surface area contributed by atoms with E-state index in [0.29, 0.717) is 27.2 Å². The molecule has 7 nitrogen and oxygen atoms in total. The lowest BCUT2D eigenvalue weighted by Gasteiger charge is -2.54. The summed E-state index contributed by atoms with van der Waals surface area (Å²) in [6.07, 6.45) is 3.84. The average molecular weight is 444 g/mol. The standard InChI is InChI=1S/C22H27ClFN7/c1-13(2)31-17-9-14(18-15(23)10-26-20(25)27-18)8-16(24)19(17)28-21(31)30-11-22(12-30)4-6-29(3)7-5-22/h8-10,13H,4-7,11-12H2,1-3H3,(H2,25,26,27). The summed E-state index contributed by atoms with van der Waals surface area (Å²) in [4.78, 5) is 17.5. The number of nitrogens with zero attached hydrogens (tertiary/aromatic N) is 6. The quantitative estimate of drug-likeness (QED) is 0.659. The lowest BCUT2D eigenvalue weighted by atomic mass is 9.72. The van der Waals surface area contributed by atoms with Crippen LogP contribution < -0.4 is 10.6 Å². The van der Waals surface area contributed by atoms with E-state index in [-0.39, 0.29) is 12.0 Å². The molecule has 9 heteroatoms. The lowest BCUT2D eigenvalue weighted by molar-refractivity contribution is 0.0888. The first-order chi connectivity index (χ1) is 14.8. The molecule has 0 radical (unpaired) electrons. The van der Waals surface area contributed by atoms with Crippen molar-refractivity contribution in [3.05, 3.63) is 29.2 Å². The molecule has 0 atom stereocenters. The van der Waals surface area contributed by atoms with Crippen LogP contribution in [0.4, 0.5) is 16.3 Å². The molecule has 2 saturated heterocycles. The largest absolute Gasteiger partial charge is 0.368 e. The Morgan fingerprint density at radius 3 is 2.55 bits per heavy atom. The fourth-order valence-corrected chi connectivity index (χ4v) is 5.11. The van der Waals surface area contributed by atoms with Gasteiger partial charge in [0.25, 0.3) is 0 Å². The number of anilines is 2. The van der Waals surface area contributed by atoms with Crippen LogP contribution in [-0.2, 0) is 0 Å². The molecule has 2 aliphatic heterocycles. The molecule has 2 N–H and O–H groups in total. The lowest BCUT2D eigenvalue weighted by Crippen LogP contribution is -2.60. The van der Waals surface area contributed by atoms with Gasteiger partial charge in [0.05, 0.1) is 22.4 Å². The highest BCUT2D eigenvalue weighted by Gasteiger charge is 2.46. The van der Waals surface area contributed by atoms with Gasteiger partial charge in [0.2, 0.25) is 11.9 Å². The zero-order valence-electron chi connectivity index (χ0n) is 18.1. The number of fused-ring (bicyclic) bond motifs is 1. The van der Waals surface area contributed by atoms with Crippen molar-refractivity contribution in [1.82, 2.24) is 24.4 Å². The first kappa shape index (κ1) is 20.5. The van der Waals surface area contributed by atoms with Crippen molar-refractivity contribution in [3.63, 3.8) is 0 Å². The fraction of sp³-hybridized carbons (Fsp3) is 0.500. The molecule has 2 aromatic heterocycles. The van der Waals surface area contributed by atoms with Gasteiger partial charge in [0.1, 0.15) is 5.52 Å². The van der Waals surface area contributed by atoms with Crippen LogP contribution in [0, 0.1) is 11.2 Å². The minimum absolute atomic E-state index is 0.0990. The summed E-state index contributed by atoms with van der Waals surface area (Å²) in [5.74, 6) is 0.539. The average Bonchev–Trinajstić information content (AvgIpc) is 3.09. The van der Waals surface area contributed by atoms with E-state index in [9.17, 15) is 0 Å². The molecule has 164 valence electrons. The van der Waals surface area contributed by atoms with Crippen molar-refractivity contribution >= 4 is 34.5 Å². The number of imidazole rings is 1. The van der Waals surface area contributed by atoms with Crippen molar-refractivity contribution in [2.45, 2.75) is 32.7 Å². The van der Waals surface area contributed by atoms with E-state index in [1.54, 1.807) is 0 Å². The highest BCUT2D eigenvalue weighted by molar-refractivity contribution is 6.33. The third kappa shape index (κ3) is 3.42. The van der Waals surface area contributed by atoms with Gasteiger partial charge in [-0.1, -0.05) is 11.6 Å². The zero-order chi connectivity index (χ0) is 21.9. The molecule has 0 unspecified atom stereocenters. The predicted molar refractivity (Wildman–Crippen MR) is 122 cm³/mol. The van der Waals surface area contributed by atoms with Gasteiger partial charge in [-0.2, -0.15) is 0 Å². The van der Waals surface area contributed by atoms with Crippen LogP contribution in [0.2, 0.25) is 5.02 Å². The molecule has 0 amide bonds. The number of nitrogen functional groups attached to an aromatic ring is 1. The second-order valence-corrected chi connectivity index (χ2v) is 9.69. The highest BCUT2D eigenvalue weighted by Crippen LogP contribution is 2.44. The number of rotatable bonds is 3. The number of halogens is 2. The van der Waals surface area contributed by atoms with E-state index in [1.807, 2.05) is 6.07 Å². The molecule has 4 heterocycles. The summed E-state index contributed by atoms with van der Waals surface area (Å²) in [5.41, 5.74) is 8.19. The van der Waals surface area contributed by atoms with Gasteiger partial charge < -0.3 is 20.1 Å². The van der Waals surface area contributed by atoms with Crippen molar-refractivity contribution < 1.29 is 4.39 Å². The smallest absolute Gasteiger partial charge is 0.220 e. The molecular weight excluding hydrogens is 417 g/mol. The van der Waals surface area contributed by atoms with Gasteiger partial charge in [-0.25, -0.2) is 19.3 Å². The second kappa shape index (κ2) is 7.31. The van der Waals surface area contributed by atoms with Crippen LogP contribution in [0.1, 0.15) is 32.7 Å². The van der Waals surface area contributed by atoms with E-state index >= 15 is 4.39 Å². The Morgan fingerprint density at radius 2 is 1.87 bits per heavy atom. The summed E-state index contributed by atoms with van der Waals surface area (Å²) < 4.78 is 17.3. The molecule has 31 heavy (non-hydrogen) atoms. The molecule has 1 spiro atoms. The normalized spacial score (nSPS) is 18.8. The van der Waals surface area contributed by atoms with Crippen molar-refractivity contribution in [1.29, 1.82) is 0 Å². The van der Waals surface area contributed by atoms with Gasteiger partial charge in [0, 0.05) is 30.1 Å². The Labute approximate surface area is 186 Å². The third-order valence-corrected chi connectivity index (χ3v) is 6.94. The molecule has 0 bridgehead atoms. The Morgan fingerprint density at radius 1 is 1.16 bits per heavy atom. The Balaban J connectivity index is 1.56. The van der Waals surface area contributed by atoms with Crippen molar-refractivity contribution in [2.24, 2.45) is 5.41 Å². The first-order valence-electron chi connectivity index (χ1n) is 10.7. The first-order valence-corrected chi connectivity index (χ1v) is 11.1. The van der Waals surface area contributed by atoms with Crippen LogP contribution in [0.5, 0.6) is 0 Å². The van der Waals surface area contributed by atoms with Gasteiger partial charge in [-0.15, -0.1) is 0 Å². The number of aromatic nitrogens is 4. The Bertz CT molecular complexity index is 1140. The molecule has 5 rings (SSSR count). The maximum absolute atomic E-state index is 15.2. The number of hydrogen-bond donors (Lipinski definition) is 1. The summed E-state index contributed by atoms with van der Waals surface area (Å²) in [6.45, 7) is 8.40. The van der Waals surface area contributed by atoms with Gasteiger partial charge >= 0.3 is 0 Å². The van der Waals surface area contributed by atoms with E-state index in [1.165, 1.54) is 25.1 Å². The molecule has 2 aliphatic rings. The maximum atomic E-state index is 15.2. The van der Waals surface area contributed by atoms with E-state index in [4.69, 9.17) is 22.3 Å². The van der Waals surface area contributed by atoms with Crippen LogP contribution in [-0.4, -0.2) is 57.6 Å². The highest BCUT2D eigenvalue weighted by atomic mass is 35.5. The van der Waals surface area contributed by atoms with Gasteiger partial charge in [0.15, 0.2) is 5.82 Å². The molecule has 0 saturated carbocycles. The van der Waals surface area contributed by atoms with Crippen LogP contribution in [0.25, 0.3) is 22.3 Å². The van der Waals surface area contributed by atoms with Gasteiger partial charge in [-0.3, -0.25) is 0 Å². The zero-order valence-corrected chi connectivity index (χ0v) is 18.8. The topological polar surface area (TPSA) is 76.1 Å². The van der Waals surface area contributed by atoms with Crippen LogP contribution in [0.15, 0.2) is 18.3 Å². The molecule has 3 aromatic rings. The van der Waals surface area contributed by atoms with Crippen LogP contribution in [0.3, 0.4) is 0 Å². The van der Waals surface area contributed by atoms with Crippen LogP contribution >= 0.6 is 11.6 Å². The van der Waals surface area contributed by atoms with Crippen molar-refractivity contribution in [3.8, 4) is 11.3 Å². The van der Waals surface area contributed by atoms with E-state index in [0.717, 1.165) is 37.6 Å². The molecule has 0 aliphatic carbocycles. The maximum Gasteiger partial charge on any atom is 0.220 e. The van der Waals surface area contributed by atoms with Crippen molar-refractivity contribution in [2.75, 3.05) is 43.9 Å².